The second kappa shape index (κ2) is 8.20. The Hall–Kier alpha value is -1.90. The number of hydrogen-bond donors (Lipinski definition) is 1. The fourth-order valence-corrected chi connectivity index (χ4v) is 5.79. The number of benzene rings is 1. The van der Waals surface area contributed by atoms with Gasteiger partial charge in [0.25, 0.3) is 10.0 Å². The Morgan fingerprint density at radius 2 is 1.85 bits per heavy atom. The van der Waals surface area contributed by atoms with Gasteiger partial charge in [-0.1, -0.05) is 12.1 Å². The molecule has 0 bridgehead atoms. The molecule has 26 heavy (non-hydrogen) atoms. The van der Waals surface area contributed by atoms with Gasteiger partial charge in [-0.05, 0) is 42.7 Å². The maximum Gasteiger partial charge on any atom is 0.252 e. The molecule has 0 spiro atoms. The molecule has 0 saturated carbocycles. The molecular weight excluding hydrogens is 372 g/mol. The summed E-state index contributed by atoms with van der Waals surface area (Å²) < 4.78 is 32.0. The number of thiophene rings is 1. The third kappa shape index (κ3) is 4.44. The molecule has 2 heterocycles. The zero-order valence-electron chi connectivity index (χ0n) is 14.6. The van der Waals surface area contributed by atoms with Crippen molar-refractivity contribution in [3.63, 3.8) is 0 Å². The van der Waals surface area contributed by atoms with E-state index in [9.17, 15) is 13.2 Å². The van der Waals surface area contributed by atoms with Crippen LogP contribution in [-0.4, -0.2) is 38.8 Å². The van der Waals surface area contributed by atoms with Crippen molar-refractivity contribution in [2.75, 3.05) is 20.2 Å². The zero-order chi connectivity index (χ0) is 18.6. The smallest absolute Gasteiger partial charge is 0.252 e. The van der Waals surface area contributed by atoms with Gasteiger partial charge in [0.1, 0.15) is 9.96 Å². The summed E-state index contributed by atoms with van der Waals surface area (Å²) in [6.07, 6.45) is 2.10. The first-order chi connectivity index (χ1) is 12.5. The average molecular weight is 395 g/mol. The average Bonchev–Trinajstić information content (AvgIpc) is 3.33. The predicted molar refractivity (Wildman–Crippen MR) is 101 cm³/mol. The Labute approximate surface area is 157 Å². The van der Waals surface area contributed by atoms with Crippen LogP contribution >= 0.6 is 11.3 Å². The lowest BCUT2D eigenvalue weighted by atomic mass is 10.1. The molecule has 1 aromatic carbocycles. The standard InChI is InChI=1S/C18H22N2O4S2/c1-24-15-6-4-14(5-7-15)12-17(21)19-13-16-8-9-18(25-16)26(22,23)20-10-2-3-11-20/h4-9H,2-3,10-13H2,1H3,(H,19,21). The summed E-state index contributed by atoms with van der Waals surface area (Å²) >= 11 is 1.22. The zero-order valence-corrected chi connectivity index (χ0v) is 16.2. The molecule has 2 aromatic rings. The first kappa shape index (κ1) is 18.9. The van der Waals surface area contributed by atoms with Crippen LogP contribution in [-0.2, 0) is 27.8 Å². The fraction of sp³-hybridized carbons (Fsp3) is 0.389. The van der Waals surface area contributed by atoms with E-state index in [0.29, 0.717) is 23.8 Å². The highest BCUT2D eigenvalue weighted by Gasteiger charge is 2.28. The topological polar surface area (TPSA) is 75.7 Å². The van der Waals surface area contributed by atoms with Crippen LogP contribution < -0.4 is 10.1 Å². The summed E-state index contributed by atoms with van der Waals surface area (Å²) in [6.45, 7) is 1.51. The molecule has 0 aliphatic carbocycles. The number of nitrogens with zero attached hydrogens (tertiary/aromatic N) is 1. The lowest BCUT2D eigenvalue weighted by molar-refractivity contribution is -0.120. The molecular formula is C18H22N2O4S2. The van der Waals surface area contributed by atoms with E-state index < -0.39 is 10.0 Å². The second-order valence-corrected chi connectivity index (χ2v) is 9.47. The summed E-state index contributed by atoms with van der Waals surface area (Å²) in [5.41, 5.74) is 0.895. The fourth-order valence-electron chi connectivity index (χ4n) is 2.82. The van der Waals surface area contributed by atoms with E-state index in [4.69, 9.17) is 4.74 Å². The molecule has 140 valence electrons. The molecule has 1 aliphatic heterocycles. The van der Waals surface area contributed by atoms with Gasteiger partial charge in [-0.15, -0.1) is 11.3 Å². The molecule has 0 atom stereocenters. The van der Waals surface area contributed by atoms with Crippen LogP contribution in [0.3, 0.4) is 0 Å². The number of carbonyl (C=O) groups is 1. The minimum atomic E-state index is -3.38. The number of carbonyl (C=O) groups excluding carboxylic acids is 1. The number of hydrogen-bond acceptors (Lipinski definition) is 5. The maximum atomic E-state index is 12.5. The van der Waals surface area contributed by atoms with Crippen molar-refractivity contribution in [1.82, 2.24) is 9.62 Å². The molecule has 1 saturated heterocycles. The Morgan fingerprint density at radius 3 is 2.50 bits per heavy atom. The van der Waals surface area contributed by atoms with Gasteiger partial charge in [-0.25, -0.2) is 8.42 Å². The van der Waals surface area contributed by atoms with Gasteiger partial charge in [-0.3, -0.25) is 4.79 Å². The van der Waals surface area contributed by atoms with Gasteiger partial charge in [0.15, 0.2) is 0 Å². The van der Waals surface area contributed by atoms with Crippen molar-refractivity contribution in [3.05, 3.63) is 46.8 Å². The van der Waals surface area contributed by atoms with Crippen molar-refractivity contribution in [2.45, 2.75) is 30.0 Å². The van der Waals surface area contributed by atoms with Crippen LogP contribution in [0.2, 0.25) is 0 Å². The molecule has 3 rings (SSSR count). The van der Waals surface area contributed by atoms with Gasteiger partial charge >= 0.3 is 0 Å². The molecule has 0 radical (unpaired) electrons. The number of methoxy groups -OCH3 is 1. The summed E-state index contributed by atoms with van der Waals surface area (Å²) in [6, 6.07) is 10.7. The van der Waals surface area contributed by atoms with Crippen molar-refractivity contribution in [2.24, 2.45) is 0 Å². The third-order valence-corrected chi connectivity index (χ3v) is 7.73. The van der Waals surface area contributed by atoms with Crippen LogP contribution in [0.15, 0.2) is 40.6 Å². The number of rotatable bonds is 7. The van der Waals surface area contributed by atoms with Crippen LogP contribution in [0.4, 0.5) is 0 Å². The first-order valence-electron chi connectivity index (χ1n) is 8.47. The van der Waals surface area contributed by atoms with Crippen molar-refractivity contribution in [1.29, 1.82) is 0 Å². The molecule has 1 N–H and O–H groups in total. The van der Waals surface area contributed by atoms with E-state index >= 15 is 0 Å². The highest BCUT2D eigenvalue weighted by molar-refractivity contribution is 7.91. The van der Waals surface area contributed by atoms with E-state index in [2.05, 4.69) is 5.32 Å². The quantitative estimate of drug-likeness (QED) is 0.782. The largest absolute Gasteiger partial charge is 0.497 e. The summed E-state index contributed by atoms with van der Waals surface area (Å²) in [5.74, 6) is 0.645. The van der Waals surface area contributed by atoms with Gasteiger partial charge in [0.05, 0.1) is 20.1 Å². The minimum absolute atomic E-state index is 0.104. The summed E-state index contributed by atoms with van der Waals surface area (Å²) in [5, 5.41) is 2.84. The van der Waals surface area contributed by atoms with Gasteiger partial charge in [0, 0.05) is 18.0 Å². The molecule has 8 heteroatoms. The molecule has 1 fully saturated rings. The van der Waals surface area contributed by atoms with E-state index in [-0.39, 0.29) is 12.3 Å². The Bertz CT molecular complexity index is 854. The molecule has 1 aromatic heterocycles. The Balaban J connectivity index is 1.54. The van der Waals surface area contributed by atoms with E-state index in [1.807, 2.05) is 24.3 Å². The van der Waals surface area contributed by atoms with Crippen LogP contribution in [0.1, 0.15) is 23.3 Å². The molecule has 1 amide bonds. The van der Waals surface area contributed by atoms with Crippen molar-refractivity contribution in [3.8, 4) is 5.75 Å². The van der Waals surface area contributed by atoms with Crippen LogP contribution in [0.5, 0.6) is 5.75 Å². The number of ether oxygens (including phenoxy) is 1. The normalized spacial score (nSPS) is 15.1. The SMILES string of the molecule is COc1ccc(CC(=O)NCc2ccc(S(=O)(=O)N3CCCC3)s2)cc1. The molecule has 6 nitrogen and oxygen atoms in total. The number of amides is 1. The third-order valence-electron chi connectivity index (χ3n) is 4.28. The van der Waals surface area contributed by atoms with Crippen molar-refractivity contribution >= 4 is 27.3 Å². The Morgan fingerprint density at radius 1 is 1.15 bits per heavy atom. The van der Waals surface area contributed by atoms with E-state index in [1.165, 1.54) is 15.6 Å². The lowest BCUT2D eigenvalue weighted by Gasteiger charge is -2.13. The van der Waals surface area contributed by atoms with Gasteiger partial charge < -0.3 is 10.1 Å². The lowest BCUT2D eigenvalue weighted by Crippen LogP contribution is -2.27. The van der Waals surface area contributed by atoms with Crippen LogP contribution in [0, 0.1) is 0 Å². The van der Waals surface area contributed by atoms with Gasteiger partial charge in [0.2, 0.25) is 5.91 Å². The van der Waals surface area contributed by atoms with Gasteiger partial charge in [-0.2, -0.15) is 4.31 Å². The highest BCUT2D eigenvalue weighted by atomic mass is 32.2. The maximum absolute atomic E-state index is 12.5. The molecule has 1 aliphatic rings. The minimum Gasteiger partial charge on any atom is -0.497 e. The number of sulfonamides is 1. The van der Waals surface area contributed by atoms with E-state index in [1.54, 1.807) is 19.2 Å². The van der Waals surface area contributed by atoms with E-state index in [0.717, 1.165) is 29.0 Å². The summed E-state index contributed by atoms with van der Waals surface area (Å²) in [7, 11) is -1.79. The van der Waals surface area contributed by atoms with Crippen LogP contribution in [0.25, 0.3) is 0 Å². The predicted octanol–water partition coefficient (Wildman–Crippen LogP) is 2.40. The summed E-state index contributed by atoms with van der Waals surface area (Å²) in [4.78, 5) is 12.9. The Kier molecular flexibility index (Phi) is 5.95. The number of nitrogens with one attached hydrogen (secondary N) is 1. The highest BCUT2D eigenvalue weighted by Crippen LogP contribution is 2.27. The van der Waals surface area contributed by atoms with Crippen molar-refractivity contribution < 1.29 is 17.9 Å². The monoisotopic (exact) mass is 394 g/mol. The molecule has 0 unspecified atom stereocenters. The second-order valence-electron chi connectivity index (χ2n) is 6.13. The first-order valence-corrected chi connectivity index (χ1v) is 10.7.